The summed E-state index contributed by atoms with van der Waals surface area (Å²) in [6.45, 7) is 6.33. The van der Waals surface area contributed by atoms with Crippen molar-refractivity contribution in [2.24, 2.45) is 12.0 Å². The van der Waals surface area contributed by atoms with Crippen LogP contribution in [-0.4, -0.2) is 69.5 Å². The van der Waals surface area contributed by atoms with Crippen molar-refractivity contribution in [2.45, 2.75) is 56.7 Å². The topological polar surface area (TPSA) is 67.6 Å². The first-order valence-electron chi connectivity index (χ1n) is 10.1. The molecule has 2 heterocycles. The Hall–Kier alpha value is -1.28. The Morgan fingerprint density at radius 2 is 2.11 bits per heavy atom. The van der Waals surface area contributed by atoms with Crippen LogP contribution < -0.4 is 5.32 Å². The van der Waals surface area contributed by atoms with E-state index in [1.807, 2.05) is 18.5 Å². The van der Waals surface area contributed by atoms with E-state index in [-0.39, 0.29) is 0 Å². The zero-order chi connectivity index (χ0) is 19.1. The van der Waals surface area contributed by atoms with Crippen LogP contribution in [0.25, 0.3) is 0 Å². The van der Waals surface area contributed by atoms with Gasteiger partial charge in [0.15, 0.2) is 11.8 Å². The van der Waals surface area contributed by atoms with Crippen molar-refractivity contribution in [3.8, 4) is 0 Å². The SMILES string of the molecule is COCCCNC(=NCc1nnc(C)n1C)N1CCSC2(CCCCC2)C1. The molecule has 1 aliphatic carbocycles. The summed E-state index contributed by atoms with van der Waals surface area (Å²) in [6, 6.07) is 0. The fourth-order valence-electron chi connectivity index (χ4n) is 3.94. The molecule has 1 N–H and O–H groups in total. The molecule has 1 saturated carbocycles. The monoisotopic (exact) mass is 394 g/mol. The molecule has 0 radical (unpaired) electrons. The second kappa shape index (κ2) is 9.78. The minimum absolute atomic E-state index is 0.423. The predicted molar refractivity (Wildman–Crippen MR) is 111 cm³/mol. The van der Waals surface area contributed by atoms with Crippen molar-refractivity contribution in [3.05, 3.63) is 11.6 Å². The Labute approximate surface area is 167 Å². The molecular formula is C19H34N6OS. The lowest BCUT2D eigenvalue weighted by atomic mass is 9.87. The number of ether oxygens (including phenoxy) is 1. The number of hydrogen-bond donors (Lipinski definition) is 1. The molecule has 27 heavy (non-hydrogen) atoms. The second-order valence-electron chi connectivity index (χ2n) is 7.65. The zero-order valence-corrected chi connectivity index (χ0v) is 17.9. The van der Waals surface area contributed by atoms with E-state index in [1.165, 1.54) is 37.9 Å². The van der Waals surface area contributed by atoms with Crippen molar-refractivity contribution < 1.29 is 4.74 Å². The van der Waals surface area contributed by atoms with Gasteiger partial charge < -0.3 is 19.5 Å². The third-order valence-electron chi connectivity index (χ3n) is 5.67. The molecule has 1 saturated heterocycles. The van der Waals surface area contributed by atoms with Crippen LogP contribution in [0.4, 0.5) is 0 Å². The molecule has 1 aromatic heterocycles. The van der Waals surface area contributed by atoms with Crippen LogP contribution in [-0.2, 0) is 18.3 Å². The van der Waals surface area contributed by atoms with Gasteiger partial charge in [-0.2, -0.15) is 11.8 Å². The number of nitrogens with zero attached hydrogens (tertiary/aromatic N) is 5. The molecule has 8 heteroatoms. The van der Waals surface area contributed by atoms with Crippen molar-refractivity contribution in [1.29, 1.82) is 0 Å². The summed E-state index contributed by atoms with van der Waals surface area (Å²) < 4.78 is 7.63. The van der Waals surface area contributed by atoms with Gasteiger partial charge in [0.1, 0.15) is 12.4 Å². The van der Waals surface area contributed by atoms with E-state index >= 15 is 0 Å². The smallest absolute Gasteiger partial charge is 0.194 e. The van der Waals surface area contributed by atoms with Gasteiger partial charge in [-0.05, 0) is 26.2 Å². The Bertz CT molecular complexity index is 620. The third kappa shape index (κ3) is 5.38. The molecule has 2 fully saturated rings. The lowest BCUT2D eigenvalue weighted by molar-refractivity contribution is 0.195. The first-order valence-corrected chi connectivity index (χ1v) is 11.1. The molecule has 0 unspecified atom stereocenters. The van der Waals surface area contributed by atoms with Crippen molar-refractivity contribution in [2.75, 3.05) is 39.1 Å². The minimum atomic E-state index is 0.423. The van der Waals surface area contributed by atoms with Crippen LogP contribution in [0.15, 0.2) is 4.99 Å². The highest BCUT2D eigenvalue weighted by molar-refractivity contribution is 8.00. The highest BCUT2D eigenvalue weighted by Gasteiger charge is 2.38. The van der Waals surface area contributed by atoms with Crippen LogP contribution in [0.1, 0.15) is 50.2 Å². The lowest BCUT2D eigenvalue weighted by Gasteiger charge is -2.45. The third-order valence-corrected chi connectivity index (χ3v) is 7.21. The Balaban J connectivity index is 1.69. The van der Waals surface area contributed by atoms with E-state index in [2.05, 4.69) is 32.2 Å². The zero-order valence-electron chi connectivity index (χ0n) is 17.0. The molecule has 3 rings (SSSR count). The van der Waals surface area contributed by atoms with E-state index in [1.54, 1.807) is 7.11 Å². The van der Waals surface area contributed by atoms with Gasteiger partial charge in [0.25, 0.3) is 0 Å². The normalized spacial score (nSPS) is 20.3. The molecular weight excluding hydrogens is 360 g/mol. The molecule has 1 aromatic rings. The predicted octanol–water partition coefficient (Wildman–Crippen LogP) is 2.36. The molecule has 0 atom stereocenters. The number of aromatic nitrogens is 3. The average Bonchev–Trinajstić information content (AvgIpc) is 3.00. The number of guanidine groups is 1. The summed E-state index contributed by atoms with van der Waals surface area (Å²) in [6.07, 6.45) is 7.79. The van der Waals surface area contributed by atoms with Crippen LogP contribution >= 0.6 is 11.8 Å². The Kier molecular flexibility index (Phi) is 7.41. The molecule has 0 bridgehead atoms. The molecule has 7 nitrogen and oxygen atoms in total. The van der Waals surface area contributed by atoms with Crippen molar-refractivity contribution in [1.82, 2.24) is 25.0 Å². The molecule has 152 valence electrons. The number of thioether (sulfide) groups is 1. The Morgan fingerprint density at radius 1 is 1.30 bits per heavy atom. The molecule has 0 amide bonds. The van der Waals surface area contributed by atoms with Crippen molar-refractivity contribution in [3.63, 3.8) is 0 Å². The highest BCUT2D eigenvalue weighted by Crippen LogP contribution is 2.42. The van der Waals surface area contributed by atoms with Gasteiger partial charge in [0, 0.05) is 50.9 Å². The maximum Gasteiger partial charge on any atom is 0.194 e. The van der Waals surface area contributed by atoms with E-state index in [9.17, 15) is 0 Å². The number of aryl methyl sites for hydroxylation is 1. The Morgan fingerprint density at radius 3 is 2.81 bits per heavy atom. The van der Waals surface area contributed by atoms with E-state index in [0.29, 0.717) is 11.3 Å². The van der Waals surface area contributed by atoms with Gasteiger partial charge in [0.2, 0.25) is 0 Å². The van der Waals surface area contributed by atoms with Crippen LogP contribution in [0.2, 0.25) is 0 Å². The van der Waals surface area contributed by atoms with E-state index < -0.39 is 0 Å². The maximum absolute atomic E-state index is 5.19. The summed E-state index contributed by atoms with van der Waals surface area (Å²) in [5.41, 5.74) is 0. The van der Waals surface area contributed by atoms with Crippen LogP contribution in [0.3, 0.4) is 0 Å². The fourth-order valence-corrected chi connectivity index (χ4v) is 5.51. The summed E-state index contributed by atoms with van der Waals surface area (Å²) in [5, 5.41) is 12.0. The molecule has 2 aliphatic rings. The highest BCUT2D eigenvalue weighted by atomic mass is 32.2. The summed E-state index contributed by atoms with van der Waals surface area (Å²) in [4.78, 5) is 7.40. The van der Waals surface area contributed by atoms with Crippen LogP contribution in [0, 0.1) is 6.92 Å². The number of hydrogen-bond acceptors (Lipinski definition) is 5. The van der Waals surface area contributed by atoms with Gasteiger partial charge in [-0.15, -0.1) is 10.2 Å². The molecule has 1 spiro atoms. The molecule has 0 aromatic carbocycles. The minimum Gasteiger partial charge on any atom is -0.385 e. The van der Waals surface area contributed by atoms with Crippen LogP contribution in [0.5, 0.6) is 0 Å². The molecule has 1 aliphatic heterocycles. The number of rotatable bonds is 6. The average molecular weight is 395 g/mol. The van der Waals surface area contributed by atoms with Gasteiger partial charge in [-0.3, -0.25) is 0 Å². The summed E-state index contributed by atoms with van der Waals surface area (Å²) >= 11 is 2.19. The van der Waals surface area contributed by atoms with Gasteiger partial charge in [-0.25, -0.2) is 4.99 Å². The van der Waals surface area contributed by atoms with Gasteiger partial charge in [0.05, 0.1) is 0 Å². The first kappa shape index (κ1) is 20.5. The second-order valence-corrected chi connectivity index (χ2v) is 9.21. The largest absolute Gasteiger partial charge is 0.385 e. The van der Waals surface area contributed by atoms with Gasteiger partial charge >= 0.3 is 0 Å². The van der Waals surface area contributed by atoms with Gasteiger partial charge in [-0.1, -0.05) is 19.3 Å². The lowest BCUT2D eigenvalue weighted by Crippen LogP contribution is -2.53. The van der Waals surface area contributed by atoms with E-state index in [4.69, 9.17) is 9.73 Å². The first-order chi connectivity index (χ1) is 13.1. The fraction of sp³-hybridized carbons (Fsp3) is 0.842. The number of aliphatic imine (C=N–C) groups is 1. The quantitative estimate of drug-likeness (QED) is 0.454. The number of nitrogens with one attached hydrogen (secondary N) is 1. The van der Waals surface area contributed by atoms with E-state index in [0.717, 1.165) is 50.3 Å². The summed E-state index contributed by atoms with van der Waals surface area (Å²) in [5.74, 6) is 4.02. The van der Waals surface area contributed by atoms with Crippen molar-refractivity contribution >= 4 is 17.7 Å². The standard InChI is InChI=1S/C19H34N6OS/c1-16-22-23-17(24(16)2)14-21-18(20-10-7-12-26-3)25-11-13-27-19(15-25)8-5-4-6-9-19/h4-15H2,1-3H3,(H,20,21). The summed E-state index contributed by atoms with van der Waals surface area (Å²) in [7, 11) is 3.75. The maximum atomic E-state index is 5.19. The number of methoxy groups -OCH3 is 1.